The second-order valence-electron chi connectivity index (χ2n) is 7.90. The summed E-state index contributed by atoms with van der Waals surface area (Å²) in [5.41, 5.74) is 3.25. The zero-order chi connectivity index (χ0) is 21.3. The summed E-state index contributed by atoms with van der Waals surface area (Å²) in [7, 11) is 0. The number of hydrogen-bond acceptors (Lipinski definition) is 3. The lowest BCUT2D eigenvalue weighted by Crippen LogP contribution is -2.24. The van der Waals surface area contributed by atoms with Crippen molar-refractivity contribution in [2.75, 3.05) is 0 Å². The van der Waals surface area contributed by atoms with Crippen LogP contribution in [-0.2, 0) is 11.3 Å². The van der Waals surface area contributed by atoms with Crippen LogP contribution in [0.15, 0.2) is 41.3 Å². The van der Waals surface area contributed by atoms with Crippen LogP contribution in [0.1, 0.15) is 56.8 Å². The minimum atomic E-state index is -0.771. The van der Waals surface area contributed by atoms with E-state index in [-0.39, 0.29) is 18.3 Å². The van der Waals surface area contributed by atoms with E-state index in [1.165, 1.54) is 0 Å². The highest BCUT2D eigenvalue weighted by Crippen LogP contribution is 2.46. The summed E-state index contributed by atoms with van der Waals surface area (Å²) in [6, 6.07) is 2.03. The van der Waals surface area contributed by atoms with Crippen LogP contribution < -0.4 is 0 Å². The lowest BCUT2D eigenvalue weighted by molar-refractivity contribution is -0.137. The second-order valence-corrected chi connectivity index (χ2v) is 10.1. The third-order valence-corrected chi connectivity index (χ3v) is 7.47. The van der Waals surface area contributed by atoms with Gasteiger partial charge in [0.15, 0.2) is 0 Å². The SMILES string of the molecule is C=CC(C)(Cl)C(Cl)/C=C/Sc1c2n(c3ccnc(C(C)C)c13)CCC2CC(=O)O. The Balaban J connectivity index is 2.09. The van der Waals surface area contributed by atoms with Crippen LogP contribution in [0.3, 0.4) is 0 Å². The van der Waals surface area contributed by atoms with Gasteiger partial charge in [0.2, 0.25) is 0 Å². The zero-order valence-corrected chi connectivity index (χ0v) is 19.2. The normalized spacial score (nSPS) is 19.6. The minimum Gasteiger partial charge on any atom is -0.481 e. The molecule has 3 rings (SSSR count). The van der Waals surface area contributed by atoms with Crippen LogP contribution in [0.25, 0.3) is 10.9 Å². The second kappa shape index (κ2) is 8.75. The van der Waals surface area contributed by atoms with Gasteiger partial charge in [-0.05, 0) is 30.7 Å². The molecule has 3 heterocycles. The van der Waals surface area contributed by atoms with E-state index in [4.69, 9.17) is 23.2 Å². The van der Waals surface area contributed by atoms with E-state index >= 15 is 0 Å². The quantitative estimate of drug-likeness (QED) is 0.281. The number of thioether (sulfide) groups is 1. The lowest BCUT2D eigenvalue weighted by atomic mass is 9.99. The summed E-state index contributed by atoms with van der Waals surface area (Å²) in [6.07, 6.45) is 6.31. The van der Waals surface area contributed by atoms with Gasteiger partial charge in [-0.1, -0.05) is 37.8 Å². The Bertz CT molecular complexity index is 965. The van der Waals surface area contributed by atoms with E-state index in [1.54, 1.807) is 17.8 Å². The molecule has 1 aliphatic heterocycles. The van der Waals surface area contributed by atoms with E-state index < -0.39 is 16.2 Å². The van der Waals surface area contributed by atoms with Gasteiger partial charge in [-0.3, -0.25) is 9.78 Å². The zero-order valence-electron chi connectivity index (χ0n) is 16.9. The number of nitrogens with zero attached hydrogens (tertiary/aromatic N) is 2. The summed E-state index contributed by atoms with van der Waals surface area (Å²) >= 11 is 14.4. The summed E-state index contributed by atoms with van der Waals surface area (Å²) in [6.45, 7) is 10.6. The average Bonchev–Trinajstić information content (AvgIpc) is 3.20. The van der Waals surface area contributed by atoms with Crippen LogP contribution in [0.5, 0.6) is 0 Å². The van der Waals surface area contributed by atoms with Gasteiger partial charge in [0.25, 0.3) is 0 Å². The monoisotopic (exact) mass is 452 g/mol. The number of carboxylic acid groups (broad SMARTS) is 1. The predicted molar refractivity (Wildman–Crippen MR) is 123 cm³/mol. The van der Waals surface area contributed by atoms with Crippen molar-refractivity contribution in [3.05, 3.63) is 47.8 Å². The molecular weight excluding hydrogens is 427 g/mol. The number of rotatable bonds is 8. The number of fused-ring (bicyclic) bond motifs is 3. The Kier molecular flexibility index (Phi) is 6.71. The first-order chi connectivity index (χ1) is 13.7. The Morgan fingerprint density at radius 3 is 2.90 bits per heavy atom. The maximum atomic E-state index is 11.4. The Morgan fingerprint density at radius 1 is 1.55 bits per heavy atom. The minimum absolute atomic E-state index is 0.00548. The van der Waals surface area contributed by atoms with Crippen LogP contribution in [0.2, 0.25) is 0 Å². The van der Waals surface area contributed by atoms with E-state index in [1.807, 2.05) is 30.7 Å². The number of allylic oxidation sites excluding steroid dienone is 2. The van der Waals surface area contributed by atoms with Crippen LogP contribution >= 0.6 is 35.0 Å². The van der Waals surface area contributed by atoms with Crippen molar-refractivity contribution in [2.24, 2.45) is 0 Å². The Hall–Kier alpha value is -1.43. The van der Waals surface area contributed by atoms with Crippen molar-refractivity contribution < 1.29 is 9.90 Å². The maximum absolute atomic E-state index is 11.4. The van der Waals surface area contributed by atoms with Gasteiger partial charge >= 0.3 is 5.97 Å². The van der Waals surface area contributed by atoms with Crippen molar-refractivity contribution in [1.29, 1.82) is 0 Å². The third-order valence-electron chi connectivity index (χ3n) is 5.43. The summed E-state index contributed by atoms with van der Waals surface area (Å²) in [4.78, 5) is 16.4. The van der Waals surface area contributed by atoms with Gasteiger partial charge in [-0.2, -0.15) is 0 Å². The molecule has 0 amide bonds. The van der Waals surface area contributed by atoms with E-state index in [0.717, 1.165) is 40.2 Å². The van der Waals surface area contributed by atoms with Crippen molar-refractivity contribution in [1.82, 2.24) is 9.55 Å². The van der Waals surface area contributed by atoms with E-state index in [9.17, 15) is 9.90 Å². The third kappa shape index (κ3) is 4.37. The molecule has 2 aromatic heterocycles. The van der Waals surface area contributed by atoms with Crippen molar-refractivity contribution in [2.45, 2.75) is 67.1 Å². The van der Waals surface area contributed by atoms with E-state index in [0.29, 0.717) is 0 Å². The Labute approximate surface area is 186 Å². The fraction of sp³-hybridized carbons (Fsp3) is 0.455. The number of carbonyl (C=O) groups is 1. The molecule has 0 bridgehead atoms. The average molecular weight is 453 g/mol. The van der Waals surface area contributed by atoms with Crippen molar-refractivity contribution >= 4 is 51.8 Å². The van der Waals surface area contributed by atoms with Crippen LogP contribution in [-0.4, -0.2) is 30.9 Å². The first-order valence-corrected chi connectivity index (χ1v) is 11.4. The van der Waals surface area contributed by atoms with E-state index in [2.05, 4.69) is 30.0 Å². The fourth-order valence-electron chi connectivity index (χ4n) is 3.82. The fourth-order valence-corrected chi connectivity index (χ4v) is 5.23. The van der Waals surface area contributed by atoms with Crippen LogP contribution in [0.4, 0.5) is 0 Å². The smallest absolute Gasteiger partial charge is 0.304 e. The molecule has 29 heavy (non-hydrogen) atoms. The molecule has 0 fully saturated rings. The summed E-state index contributed by atoms with van der Waals surface area (Å²) in [5, 5.41) is 12.0. The van der Waals surface area contributed by atoms with Crippen molar-refractivity contribution in [3.63, 3.8) is 0 Å². The maximum Gasteiger partial charge on any atom is 0.304 e. The van der Waals surface area contributed by atoms with Gasteiger partial charge in [0.05, 0.1) is 27.9 Å². The van der Waals surface area contributed by atoms with Gasteiger partial charge in [0.1, 0.15) is 0 Å². The number of aryl methyl sites for hydroxylation is 1. The highest BCUT2D eigenvalue weighted by atomic mass is 35.5. The molecule has 1 N–H and O–H groups in total. The molecule has 3 unspecified atom stereocenters. The number of alkyl halides is 2. The number of aromatic nitrogens is 2. The molecule has 3 atom stereocenters. The van der Waals surface area contributed by atoms with Crippen molar-refractivity contribution in [3.8, 4) is 0 Å². The van der Waals surface area contributed by atoms with Gasteiger partial charge in [-0.25, -0.2) is 0 Å². The molecule has 4 nitrogen and oxygen atoms in total. The number of hydrogen-bond donors (Lipinski definition) is 1. The molecule has 0 saturated carbocycles. The molecule has 0 saturated heterocycles. The Morgan fingerprint density at radius 2 is 2.28 bits per heavy atom. The highest BCUT2D eigenvalue weighted by Gasteiger charge is 2.32. The molecule has 7 heteroatoms. The number of aliphatic carboxylic acids is 1. The number of pyridine rings is 1. The molecule has 156 valence electrons. The largest absolute Gasteiger partial charge is 0.481 e. The molecular formula is C22H26Cl2N2O2S. The molecule has 0 aromatic carbocycles. The standard InChI is InChI=1S/C22H26Cl2N2O2S/c1-5-22(4,24)16(23)8-11-29-21-18-15(6-9-25-19(18)13(2)3)26-10-7-14(20(21)26)12-17(27)28/h5-6,8-9,11,13-14,16H,1,7,10,12H2,2-4H3,(H,27,28)/b11-8+. The topological polar surface area (TPSA) is 55.1 Å². The molecule has 1 aliphatic rings. The number of halogens is 2. The highest BCUT2D eigenvalue weighted by molar-refractivity contribution is 8.02. The predicted octanol–water partition coefficient (Wildman–Crippen LogP) is 6.52. The summed E-state index contributed by atoms with van der Waals surface area (Å²) < 4.78 is 2.26. The molecule has 0 radical (unpaired) electrons. The molecule has 0 aliphatic carbocycles. The van der Waals surface area contributed by atoms with Gasteiger partial charge < -0.3 is 9.67 Å². The lowest BCUT2D eigenvalue weighted by Gasteiger charge is -2.20. The number of carboxylic acids is 1. The van der Waals surface area contributed by atoms with Gasteiger partial charge in [0, 0.05) is 34.6 Å². The first kappa shape index (κ1) is 22.3. The summed E-state index contributed by atoms with van der Waals surface area (Å²) in [5.74, 6) is -0.517. The first-order valence-electron chi connectivity index (χ1n) is 9.70. The molecule has 2 aromatic rings. The van der Waals surface area contributed by atoms with Crippen LogP contribution in [0, 0.1) is 0 Å². The van der Waals surface area contributed by atoms with Gasteiger partial charge in [-0.15, -0.1) is 29.8 Å². The molecule has 0 spiro atoms.